The summed E-state index contributed by atoms with van der Waals surface area (Å²) in [6, 6.07) is 6.48. The van der Waals surface area contributed by atoms with Crippen LogP contribution in [0.5, 0.6) is 0 Å². The highest BCUT2D eigenvalue weighted by molar-refractivity contribution is 6.11. The molecule has 0 aliphatic heterocycles. The summed E-state index contributed by atoms with van der Waals surface area (Å²) < 4.78 is 60.0. The smallest absolute Gasteiger partial charge is 0.383 e. The van der Waals surface area contributed by atoms with Crippen LogP contribution in [-0.4, -0.2) is 30.8 Å². The standard InChI is InChI=1S/C23H17F4N7O2/c1-10(2)34-21-17(20(28)29-9-30-21)18(32-34)11-3-5-13-16(7-11)36-33-19(13)22(35)31-15-8-12(23(25,26)27)4-6-14(15)24/h3-10H,1-2H3,(H,31,35)(H2,28,29,30). The largest absolute Gasteiger partial charge is 0.416 e. The number of aromatic nitrogens is 5. The van der Waals surface area contributed by atoms with Crippen molar-refractivity contribution in [3.63, 3.8) is 0 Å². The Bertz CT molecular complexity index is 1640. The Kier molecular flexibility index (Phi) is 5.34. The average Bonchev–Trinajstić information content (AvgIpc) is 3.42. The van der Waals surface area contributed by atoms with Crippen molar-refractivity contribution in [2.75, 3.05) is 11.1 Å². The first-order valence-corrected chi connectivity index (χ1v) is 10.6. The number of carbonyl (C=O) groups is 1. The van der Waals surface area contributed by atoms with Gasteiger partial charge in [-0.1, -0.05) is 11.2 Å². The Morgan fingerprint density at radius 1 is 1.14 bits per heavy atom. The highest BCUT2D eigenvalue weighted by Gasteiger charge is 2.31. The van der Waals surface area contributed by atoms with Crippen LogP contribution < -0.4 is 11.1 Å². The van der Waals surface area contributed by atoms with Crippen LogP contribution in [0.2, 0.25) is 0 Å². The molecule has 0 saturated heterocycles. The molecule has 36 heavy (non-hydrogen) atoms. The highest BCUT2D eigenvalue weighted by atomic mass is 19.4. The number of rotatable bonds is 4. The molecule has 0 spiro atoms. The predicted octanol–water partition coefficient (Wildman–Crippen LogP) is 5.21. The lowest BCUT2D eigenvalue weighted by molar-refractivity contribution is -0.137. The second kappa shape index (κ2) is 8.29. The lowest BCUT2D eigenvalue weighted by Crippen LogP contribution is -2.15. The molecule has 3 heterocycles. The van der Waals surface area contributed by atoms with E-state index in [1.807, 2.05) is 13.8 Å². The van der Waals surface area contributed by atoms with Gasteiger partial charge in [-0.2, -0.15) is 18.3 Å². The van der Waals surface area contributed by atoms with Gasteiger partial charge < -0.3 is 15.6 Å². The van der Waals surface area contributed by atoms with E-state index in [0.717, 1.165) is 0 Å². The van der Waals surface area contributed by atoms with E-state index in [4.69, 9.17) is 10.3 Å². The predicted molar refractivity (Wildman–Crippen MR) is 122 cm³/mol. The molecule has 0 saturated carbocycles. The first-order valence-electron chi connectivity index (χ1n) is 10.6. The summed E-state index contributed by atoms with van der Waals surface area (Å²) >= 11 is 0. The summed E-state index contributed by atoms with van der Waals surface area (Å²) in [5, 5.41) is 11.3. The van der Waals surface area contributed by atoms with Crippen LogP contribution in [0.3, 0.4) is 0 Å². The van der Waals surface area contributed by atoms with Crippen molar-refractivity contribution in [1.82, 2.24) is 24.9 Å². The maximum atomic E-state index is 14.1. The Labute approximate surface area is 199 Å². The van der Waals surface area contributed by atoms with Crippen molar-refractivity contribution in [1.29, 1.82) is 0 Å². The third-order valence-electron chi connectivity index (χ3n) is 5.51. The molecule has 0 radical (unpaired) electrons. The van der Waals surface area contributed by atoms with Gasteiger partial charge in [0.15, 0.2) is 16.9 Å². The van der Waals surface area contributed by atoms with E-state index in [2.05, 4.69) is 25.5 Å². The number of amides is 1. The number of nitrogen functional groups attached to an aromatic ring is 1. The number of nitrogens with two attached hydrogens (primary N) is 1. The first kappa shape index (κ1) is 23.2. The maximum absolute atomic E-state index is 14.1. The Balaban J connectivity index is 1.52. The molecule has 1 amide bonds. The van der Waals surface area contributed by atoms with Crippen molar-refractivity contribution in [2.24, 2.45) is 0 Å². The molecule has 5 aromatic rings. The summed E-state index contributed by atoms with van der Waals surface area (Å²) in [6.07, 6.45) is -3.36. The van der Waals surface area contributed by atoms with Gasteiger partial charge in [-0.3, -0.25) is 4.79 Å². The van der Waals surface area contributed by atoms with Gasteiger partial charge in [0, 0.05) is 11.6 Å². The fourth-order valence-electron chi connectivity index (χ4n) is 3.78. The number of anilines is 2. The number of hydrogen-bond donors (Lipinski definition) is 2. The quantitative estimate of drug-likeness (QED) is 0.325. The van der Waals surface area contributed by atoms with Crippen molar-refractivity contribution < 1.29 is 26.9 Å². The zero-order valence-electron chi connectivity index (χ0n) is 18.8. The normalized spacial score (nSPS) is 12.1. The lowest BCUT2D eigenvalue weighted by Gasteiger charge is -2.10. The molecule has 9 nitrogen and oxygen atoms in total. The minimum Gasteiger partial charge on any atom is -0.383 e. The van der Waals surface area contributed by atoms with E-state index in [9.17, 15) is 22.4 Å². The zero-order valence-corrected chi connectivity index (χ0v) is 18.8. The van der Waals surface area contributed by atoms with E-state index < -0.39 is 29.2 Å². The molecule has 13 heteroatoms. The molecule has 3 N–H and O–H groups in total. The number of carbonyl (C=O) groups excluding carboxylic acids is 1. The molecule has 0 aliphatic rings. The Hall–Kier alpha value is -4.55. The summed E-state index contributed by atoms with van der Waals surface area (Å²) in [4.78, 5) is 21.1. The third-order valence-corrected chi connectivity index (χ3v) is 5.51. The molecule has 3 aromatic heterocycles. The molecular weight excluding hydrogens is 482 g/mol. The van der Waals surface area contributed by atoms with Crippen LogP contribution in [-0.2, 0) is 6.18 Å². The van der Waals surface area contributed by atoms with Gasteiger partial charge in [-0.15, -0.1) is 0 Å². The summed E-state index contributed by atoms with van der Waals surface area (Å²) in [5.74, 6) is -1.73. The van der Waals surface area contributed by atoms with Gasteiger partial charge in [0.2, 0.25) is 0 Å². The summed E-state index contributed by atoms with van der Waals surface area (Å²) in [6.45, 7) is 3.87. The van der Waals surface area contributed by atoms with Crippen molar-refractivity contribution >= 4 is 39.4 Å². The van der Waals surface area contributed by atoms with Crippen LogP contribution in [0, 0.1) is 5.82 Å². The van der Waals surface area contributed by atoms with Crippen molar-refractivity contribution in [2.45, 2.75) is 26.1 Å². The number of halogens is 4. The molecule has 0 aliphatic carbocycles. The third kappa shape index (κ3) is 3.87. The molecule has 0 fully saturated rings. The number of fused-ring (bicyclic) bond motifs is 2. The molecular formula is C23H17F4N7O2. The van der Waals surface area contributed by atoms with Crippen molar-refractivity contribution in [3.8, 4) is 11.3 Å². The monoisotopic (exact) mass is 499 g/mol. The van der Waals surface area contributed by atoms with Crippen molar-refractivity contribution in [3.05, 3.63) is 59.8 Å². The second-order valence-corrected chi connectivity index (χ2v) is 8.23. The molecule has 5 rings (SSSR count). The Morgan fingerprint density at radius 3 is 2.64 bits per heavy atom. The highest BCUT2D eigenvalue weighted by Crippen LogP contribution is 2.35. The number of nitrogens with zero attached hydrogens (tertiary/aromatic N) is 5. The van der Waals surface area contributed by atoms with Gasteiger partial charge in [0.25, 0.3) is 5.91 Å². The molecule has 2 aromatic carbocycles. The van der Waals surface area contributed by atoms with Gasteiger partial charge in [0.1, 0.15) is 23.7 Å². The summed E-state index contributed by atoms with van der Waals surface area (Å²) in [7, 11) is 0. The summed E-state index contributed by atoms with van der Waals surface area (Å²) in [5.41, 5.74) is 5.95. The van der Waals surface area contributed by atoms with Crippen LogP contribution in [0.25, 0.3) is 33.3 Å². The van der Waals surface area contributed by atoms with Crippen LogP contribution in [0.15, 0.2) is 47.2 Å². The number of benzene rings is 2. The maximum Gasteiger partial charge on any atom is 0.416 e. The van der Waals surface area contributed by atoms with E-state index in [1.54, 1.807) is 22.9 Å². The molecule has 0 bridgehead atoms. The van der Waals surface area contributed by atoms with E-state index >= 15 is 0 Å². The minimum absolute atomic E-state index is 0.0175. The van der Waals surface area contributed by atoms with Crippen LogP contribution in [0.4, 0.5) is 29.1 Å². The van der Waals surface area contributed by atoms with Crippen LogP contribution >= 0.6 is 0 Å². The molecule has 0 unspecified atom stereocenters. The number of nitrogens with one attached hydrogen (secondary N) is 1. The van der Waals surface area contributed by atoms with Gasteiger partial charge in [-0.25, -0.2) is 19.0 Å². The van der Waals surface area contributed by atoms with E-state index in [0.29, 0.717) is 40.5 Å². The lowest BCUT2D eigenvalue weighted by atomic mass is 10.1. The van der Waals surface area contributed by atoms with E-state index in [-0.39, 0.29) is 28.5 Å². The fourth-order valence-corrected chi connectivity index (χ4v) is 3.78. The molecule has 0 atom stereocenters. The van der Waals surface area contributed by atoms with Gasteiger partial charge in [-0.05, 0) is 44.2 Å². The molecule has 184 valence electrons. The fraction of sp³-hybridized carbons (Fsp3) is 0.174. The Morgan fingerprint density at radius 2 is 1.92 bits per heavy atom. The second-order valence-electron chi connectivity index (χ2n) is 8.23. The van der Waals surface area contributed by atoms with Gasteiger partial charge in [0.05, 0.1) is 22.0 Å². The van der Waals surface area contributed by atoms with Crippen LogP contribution in [0.1, 0.15) is 35.9 Å². The number of alkyl halides is 3. The first-order chi connectivity index (χ1) is 17.0. The average molecular weight is 499 g/mol. The minimum atomic E-state index is -4.70. The SMILES string of the molecule is CC(C)n1nc(-c2ccc3c(C(=O)Nc4cc(C(F)(F)F)ccc4F)noc3c2)c2c(N)ncnc21. The topological polar surface area (TPSA) is 125 Å². The van der Waals surface area contributed by atoms with E-state index in [1.165, 1.54) is 6.33 Å². The zero-order chi connectivity index (χ0) is 25.8. The van der Waals surface area contributed by atoms with Gasteiger partial charge >= 0.3 is 6.18 Å². The number of hydrogen-bond acceptors (Lipinski definition) is 7.